The normalized spacial score (nSPS) is 11.7. The summed E-state index contributed by atoms with van der Waals surface area (Å²) in [5.74, 6) is -0.663. The Morgan fingerprint density at radius 2 is 1.84 bits per heavy atom. The lowest BCUT2D eigenvalue weighted by atomic mass is 9.91. The number of aromatic nitrogens is 1. The van der Waals surface area contributed by atoms with Gasteiger partial charge < -0.3 is 4.74 Å². The van der Waals surface area contributed by atoms with Crippen LogP contribution in [0.3, 0.4) is 0 Å². The maximum absolute atomic E-state index is 14.2. The topological polar surface area (TPSA) is 82.3 Å². The van der Waals surface area contributed by atoms with E-state index in [0.29, 0.717) is 17.9 Å². The summed E-state index contributed by atoms with van der Waals surface area (Å²) < 4.78 is 56.5. The van der Waals surface area contributed by atoms with Crippen molar-refractivity contribution in [1.82, 2.24) is 4.98 Å². The molecule has 0 spiro atoms. The van der Waals surface area contributed by atoms with Gasteiger partial charge in [0.15, 0.2) is 0 Å². The predicted molar refractivity (Wildman–Crippen MR) is 115 cm³/mol. The Bertz CT molecular complexity index is 1210. The van der Waals surface area contributed by atoms with Crippen LogP contribution in [0.15, 0.2) is 53.6 Å². The maximum atomic E-state index is 14.2. The first-order chi connectivity index (χ1) is 14.6. The van der Waals surface area contributed by atoms with Gasteiger partial charge in [-0.05, 0) is 71.0 Å². The second-order valence-electron chi connectivity index (χ2n) is 7.61. The zero-order chi connectivity index (χ0) is 22.8. The van der Waals surface area contributed by atoms with Crippen molar-refractivity contribution in [1.29, 1.82) is 0 Å². The highest BCUT2D eigenvalue weighted by molar-refractivity contribution is 7.89. The van der Waals surface area contributed by atoms with E-state index >= 15 is 0 Å². The number of ether oxygens (including phenoxy) is 1. The van der Waals surface area contributed by atoms with E-state index in [2.05, 4.69) is 4.98 Å². The smallest absolute Gasteiger partial charge is 0.240 e. The summed E-state index contributed by atoms with van der Waals surface area (Å²) in [6.07, 6.45) is 1.91. The second-order valence-corrected chi connectivity index (χ2v) is 9.14. The van der Waals surface area contributed by atoms with Crippen molar-refractivity contribution in [3.63, 3.8) is 0 Å². The molecule has 3 aromatic rings. The fraction of sp³-hybridized carbons (Fsp3) is 0.261. The molecular weight excluding hydrogens is 422 g/mol. The molecule has 0 atom stereocenters. The summed E-state index contributed by atoms with van der Waals surface area (Å²) in [6.45, 7) is 6.18. The van der Waals surface area contributed by atoms with Gasteiger partial charge in [0.2, 0.25) is 15.9 Å². The highest BCUT2D eigenvalue weighted by atomic mass is 32.2. The van der Waals surface area contributed by atoms with Crippen LogP contribution in [0.1, 0.15) is 36.5 Å². The van der Waals surface area contributed by atoms with Crippen LogP contribution >= 0.6 is 0 Å². The Morgan fingerprint density at radius 3 is 2.52 bits per heavy atom. The molecule has 0 aliphatic carbocycles. The van der Waals surface area contributed by atoms with Crippen molar-refractivity contribution in [2.24, 2.45) is 5.14 Å². The average molecular weight is 447 g/mol. The molecule has 31 heavy (non-hydrogen) atoms. The van der Waals surface area contributed by atoms with Crippen molar-refractivity contribution < 1.29 is 21.9 Å². The minimum atomic E-state index is -4.15. The molecule has 164 valence electrons. The predicted octanol–water partition coefficient (Wildman–Crippen LogP) is 4.73. The van der Waals surface area contributed by atoms with Crippen molar-refractivity contribution in [3.8, 4) is 17.0 Å². The molecule has 0 saturated carbocycles. The van der Waals surface area contributed by atoms with E-state index in [9.17, 15) is 17.2 Å². The van der Waals surface area contributed by atoms with Gasteiger partial charge in [-0.1, -0.05) is 19.9 Å². The van der Waals surface area contributed by atoms with E-state index in [4.69, 9.17) is 9.88 Å². The monoisotopic (exact) mass is 446 g/mol. The Morgan fingerprint density at radius 1 is 1.10 bits per heavy atom. The van der Waals surface area contributed by atoms with Gasteiger partial charge in [-0.3, -0.25) is 0 Å². The minimum absolute atomic E-state index is 0.185. The molecule has 0 aliphatic rings. The Kier molecular flexibility index (Phi) is 6.71. The molecule has 0 radical (unpaired) electrons. The summed E-state index contributed by atoms with van der Waals surface area (Å²) in [5.41, 5.74) is 4.05. The van der Waals surface area contributed by atoms with Gasteiger partial charge in [-0.25, -0.2) is 27.3 Å². The molecule has 2 aromatic carbocycles. The molecule has 0 fully saturated rings. The number of rotatable bonds is 7. The third-order valence-corrected chi connectivity index (χ3v) is 5.95. The molecule has 0 amide bonds. The van der Waals surface area contributed by atoms with E-state index in [1.807, 2.05) is 20.8 Å². The van der Waals surface area contributed by atoms with E-state index in [1.165, 1.54) is 18.2 Å². The van der Waals surface area contributed by atoms with Gasteiger partial charge >= 0.3 is 0 Å². The second kappa shape index (κ2) is 9.11. The third-order valence-electron chi connectivity index (χ3n) is 5.02. The largest absolute Gasteiger partial charge is 0.477 e. The van der Waals surface area contributed by atoms with Crippen LogP contribution < -0.4 is 9.88 Å². The number of hydrogen-bond donors (Lipinski definition) is 1. The van der Waals surface area contributed by atoms with Gasteiger partial charge in [0.05, 0.1) is 6.61 Å². The van der Waals surface area contributed by atoms with E-state index in [-0.39, 0.29) is 18.3 Å². The van der Waals surface area contributed by atoms with Crippen molar-refractivity contribution in [2.75, 3.05) is 6.61 Å². The van der Waals surface area contributed by atoms with Crippen molar-refractivity contribution in [2.45, 2.75) is 38.0 Å². The van der Waals surface area contributed by atoms with Crippen molar-refractivity contribution in [3.05, 3.63) is 77.0 Å². The Balaban J connectivity index is 1.77. The summed E-state index contributed by atoms with van der Waals surface area (Å²) in [6, 6.07) is 10.3. The Labute approximate surface area is 181 Å². The third kappa shape index (κ3) is 5.45. The van der Waals surface area contributed by atoms with E-state index < -0.39 is 20.7 Å². The summed E-state index contributed by atoms with van der Waals surface area (Å²) in [4.78, 5) is 3.64. The Hall–Kier alpha value is -2.84. The SMILES string of the molecule is Cc1c(-c2ccnc(OCCc3ccc(F)c(S(N)(=O)=O)c3)c2)cc(F)cc1C(C)C. The number of primary sulfonamides is 1. The zero-order valence-electron chi connectivity index (χ0n) is 17.5. The average Bonchev–Trinajstić information content (AvgIpc) is 2.70. The lowest BCUT2D eigenvalue weighted by Crippen LogP contribution is -2.14. The number of sulfonamides is 1. The highest BCUT2D eigenvalue weighted by Crippen LogP contribution is 2.32. The molecular formula is C23H24F2N2O3S. The quantitative estimate of drug-likeness (QED) is 0.569. The molecule has 2 N–H and O–H groups in total. The van der Waals surface area contributed by atoms with Gasteiger partial charge in [0, 0.05) is 18.7 Å². The standard InChI is InChI=1S/C23H24F2N2O3S/c1-14(2)19-12-18(24)13-20(15(19)3)17-6-8-27-23(11-17)30-9-7-16-4-5-21(25)22(10-16)31(26,28)29/h4-6,8,10-14H,7,9H2,1-3H3,(H2,26,28,29). The molecule has 0 bridgehead atoms. The fourth-order valence-corrected chi connectivity index (χ4v) is 4.11. The summed E-state index contributed by atoms with van der Waals surface area (Å²) in [5, 5.41) is 5.03. The first kappa shape index (κ1) is 22.8. The summed E-state index contributed by atoms with van der Waals surface area (Å²) >= 11 is 0. The minimum Gasteiger partial charge on any atom is -0.477 e. The number of benzene rings is 2. The van der Waals surface area contributed by atoms with E-state index in [1.54, 1.807) is 24.4 Å². The zero-order valence-corrected chi connectivity index (χ0v) is 18.3. The van der Waals surface area contributed by atoms with Gasteiger partial charge in [0.1, 0.15) is 16.5 Å². The lowest BCUT2D eigenvalue weighted by Gasteiger charge is -2.15. The summed E-state index contributed by atoms with van der Waals surface area (Å²) in [7, 11) is -4.15. The van der Waals surface area contributed by atoms with Crippen molar-refractivity contribution >= 4 is 10.0 Å². The molecule has 0 saturated heterocycles. The molecule has 0 aliphatic heterocycles. The molecule has 3 rings (SSSR count). The molecule has 8 heteroatoms. The van der Waals surface area contributed by atoms with Gasteiger partial charge in [-0.2, -0.15) is 0 Å². The highest BCUT2D eigenvalue weighted by Gasteiger charge is 2.15. The first-order valence-corrected chi connectivity index (χ1v) is 11.3. The number of nitrogens with zero attached hydrogens (tertiary/aromatic N) is 1. The molecule has 5 nitrogen and oxygen atoms in total. The molecule has 1 aromatic heterocycles. The maximum Gasteiger partial charge on any atom is 0.240 e. The van der Waals surface area contributed by atoms with Crippen LogP contribution in [-0.4, -0.2) is 20.0 Å². The van der Waals surface area contributed by atoms with Gasteiger partial charge in [-0.15, -0.1) is 0 Å². The lowest BCUT2D eigenvalue weighted by molar-refractivity contribution is 0.309. The van der Waals surface area contributed by atoms with Crippen LogP contribution in [0.5, 0.6) is 5.88 Å². The molecule has 1 heterocycles. The van der Waals surface area contributed by atoms with Crippen LogP contribution in [0.4, 0.5) is 8.78 Å². The number of pyridine rings is 1. The van der Waals surface area contributed by atoms with Crippen LogP contribution in [0.25, 0.3) is 11.1 Å². The van der Waals surface area contributed by atoms with E-state index in [0.717, 1.165) is 28.3 Å². The van der Waals surface area contributed by atoms with Crippen LogP contribution in [0, 0.1) is 18.6 Å². The molecule has 0 unspecified atom stereocenters. The number of halogens is 2. The van der Waals surface area contributed by atoms with Gasteiger partial charge in [0.25, 0.3) is 0 Å². The van der Waals surface area contributed by atoms with Crippen LogP contribution in [0.2, 0.25) is 0 Å². The number of hydrogen-bond acceptors (Lipinski definition) is 4. The first-order valence-electron chi connectivity index (χ1n) is 9.76. The number of nitrogens with two attached hydrogens (primary N) is 1. The van der Waals surface area contributed by atoms with Crippen LogP contribution in [-0.2, 0) is 16.4 Å². The fourth-order valence-electron chi connectivity index (χ4n) is 3.45.